The summed E-state index contributed by atoms with van der Waals surface area (Å²) in [4.78, 5) is 0. The molecule has 0 unspecified atom stereocenters. The maximum absolute atomic E-state index is 8.66. The van der Waals surface area contributed by atoms with E-state index in [1.807, 2.05) is 6.07 Å². The van der Waals surface area contributed by atoms with Gasteiger partial charge >= 0.3 is 0 Å². The van der Waals surface area contributed by atoms with Crippen LogP contribution in [0.4, 0.5) is 0 Å². The Morgan fingerprint density at radius 3 is 2.64 bits per heavy atom. The third kappa shape index (κ3) is 2.51. The first kappa shape index (κ1) is 11.6. The van der Waals surface area contributed by atoms with Crippen LogP contribution in [-0.4, -0.2) is 0 Å². The second-order valence-electron chi connectivity index (χ2n) is 2.68. The van der Waals surface area contributed by atoms with E-state index in [1.54, 1.807) is 25.1 Å². The van der Waals surface area contributed by atoms with Crippen molar-refractivity contribution in [2.24, 2.45) is 0 Å². The number of allylic oxidation sites excluding steroid dienone is 1. The molecule has 0 heterocycles. The summed E-state index contributed by atoms with van der Waals surface area (Å²) in [6, 6.07) is 7.31. The van der Waals surface area contributed by atoms with E-state index >= 15 is 0 Å². The number of nitriles is 1. The average Bonchev–Trinajstić information content (AvgIpc) is 2.20. The zero-order valence-corrected chi connectivity index (χ0v) is 10.4. The highest BCUT2D eigenvalue weighted by atomic mass is 79.9. The molecule has 0 saturated heterocycles. The highest BCUT2D eigenvalue weighted by Crippen LogP contribution is 2.29. The van der Waals surface area contributed by atoms with Gasteiger partial charge in [0, 0.05) is 10.0 Å². The number of benzene rings is 1. The number of hydrogen-bond donors (Lipinski definition) is 0. The van der Waals surface area contributed by atoms with E-state index in [2.05, 4.69) is 15.9 Å². The molecule has 1 aromatic rings. The Balaban J connectivity index is 3.24. The van der Waals surface area contributed by atoms with Crippen LogP contribution in [-0.2, 0) is 0 Å². The minimum atomic E-state index is 0.432. The summed E-state index contributed by atoms with van der Waals surface area (Å²) in [6.07, 6.45) is 0. The van der Waals surface area contributed by atoms with Gasteiger partial charge in [-0.1, -0.05) is 29.3 Å². The van der Waals surface area contributed by atoms with Crippen LogP contribution in [0.2, 0.25) is 5.02 Å². The van der Waals surface area contributed by atoms with E-state index in [1.165, 1.54) is 0 Å². The van der Waals surface area contributed by atoms with Gasteiger partial charge in [-0.2, -0.15) is 5.26 Å². The van der Waals surface area contributed by atoms with Crippen LogP contribution in [0.25, 0.3) is 5.03 Å². The molecule has 0 bridgehead atoms. The second-order valence-corrected chi connectivity index (χ2v) is 4.32. The Morgan fingerprint density at radius 2 is 2.14 bits per heavy atom. The molecule has 0 N–H and O–H groups in total. The monoisotopic (exact) mass is 289 g/mol. The number of nitrogens with zero attached hydrogens (tertiary/aromatic N) is 1. The van der Waals surface area contributed by atoms with Crippen LogP contribution in [0.1, 0.15) is 12.5 Å². The molecule has 0 fully saturated rings. The van der Waals surface area contributed by atoms with Crippen LogP contribution in [0, 0.1) is 11.3 Å². The van der Waals surface area contributed by atoms with Crippen molar-refractivity contribution < 1.29 is 0 Å². The third-order valence-electron chi connectivity index (χ3n) is 1.67. The maximum Gasteiger partial charge on any atom is 0.0959 e. The molecular formula is C10H6BrCl2N. The molecule has 4 heteroatoms. The van der Waals surface area contributed by atoms with Gasteiger partial charge in [0.15, 0.2) is 0 Å². The molecule has 0 radical (unpaired) electrons. The van der Waals surface area contributed by atoms with Crippen molar-refractivity contribution in [2.45, 2.75) is 6.92 Å². The van der Waals surface area contributed by atoms with Gasteiger partial charge in [0.2, 0.25) is 0 Å². The van der Waals surface area contributed by atoms with Crippen molar-refractivity contribution in [1.82, 2.24) is 0 Å². The molecule has 1 nitrogen and oxygen atoms in total. The van der Waals surface area contributed by atoms with Gasteiger partial charge in [-0.05, 0) is 40.5 Å². The Kier molecular flexibility index (Phi) is 4.00. The summed E-state index contributed by atoms with van der Waals surface area (Å²) < 4.78 is 0.807. The molecule has 1 aromatic carbocycles. The topological polar surface area (TPSA) is 23.8 Å². The largest absolute Gasteiger partial charge is 0.193 e. The van der Waals surface area contributed by atoms with Crippen molar-refractivity contribution in [2.75, 3.05) is 0 Å². The van der Waals surface area contributed by atoms with Crippen LogP contribution in [0.5, 0.6) is 0 Å². The van der Waals surface area contributed by atoms with E-state index in [4.69, 9.17) is 28.5 Å². The van der Waals surface area contributed by atoms with Crippen LogP contribution >= 0.6 is 39.1 Å². The van der Waals surface area contributed by atoms with E-state index in [0.29, 0.717) is 15.6 Å². The standard InChI is InChI=1S/C10H6BrCl2N/c1-6(5-14)10(13)7-2-3-8(11)9(12)4-7/h2-4H,1H3/b10-6-. The first-order valence-corrected chi connectivity index (χ1v) is 5.33. The summed E-state index contributed by atoms with van der Waals surface area (Å²) in [6.45, 7) is 1.66. The summed E-state index contributed by atoms with van der Waals surface area (Å²) in [5.74, 6) is 0. The van der Waals surface area contributed by atoms with Gasteiger partial charge in [0.05, 0.1) is 16.1 Å². The fourth-order valence-corrected chi connectivity index (χ4v) is 1.49. The van der Waals surface area contributed by atoms with E-state index in [-0.39, 0.29) is 0 Å². The fraction of sp³-hybridized carbons (Fsp3) is 0.100. The van der Waals surface area contributed by atoms with Gasteiger partial charge in [-0.15, -0.1) is 0 Å². The number of hydrogen-bond acceptors (Lipinski definition) is 1. The molecular weight excluding hydrogens is 285 g/mol. The second kappa shape index (κ2) is 4.84. The van der Waals surface area contributed by atoms with Gasteiger partial charge in [-0.25, -0.2) is 0 Å². The lowest BCUT2D eigenvalue weighted by molar-refractivity contribution is 1.45. The Morgan fingerprint density at radius 1 is 1.50 bits per heavy atom. The Bertz CT molecular complexity index is 432. The minimum absolute atomic E-state index is 0.432. The molecule has 0 aliphatic carbocycles. The zero-order valence-electron chi connectivity index (χ0n) is 7.31. The SMILES string of the molecule is C/C(C#N)=C(/Cl)c1ccc(Br)c(Cl)c1. The van der Waals surface area contributed by atoms with Crippen LogP contribution in [0.15, 0.2) is 28.2 Å². The first-order chi connectivity index (χ1) is 6.56. The van der Waals surface area contributed by atoms with Crippen LogP contribution in [0.3, 0.4) is 0 Å². The lowest BCUT2D eigenvalue weighted by Gasteiger charge is -2.02. The van der Waals surface area contributed by atoms with Gasteiger partial charge in [-0.3, -0.25) is 0 Å². The minimum Gasteiger partial charge on any atom is -0.193 e. The fourth-order valence-electron chi connectivity index (χ4n) is 0.898. The lowest BCUT2D eigenvalue weighted by atomic mass is 10.1. The molecule has 1 rings (SSSR count). The smallest absolute Gasteiger partial charge is 0.0959 e. The number of rotatable bonds is 1. The van der Waals surface area contributed by atoms with E-state index in [0.717, 1.165) is 10.0 Å². The zero-order chi connectivity index (χ0) is 10.7. The molecule has 0 aromatic heterocycles. The third-order valence-corrected chi connectivity index (χ3v) is 3.40. The molecule has 0 amide bonds. The van der Waals surface area contributed by atoms with Crippen LogP contribution < -0.4 is 0 Å². The predicted octanol–water partition coefficient (Wildman–Crippen LogP) is 4.60. The molecule has 0 atom stereocenters. The number of halogens is 3. The van der Waals surface area contributed by atoms with Crippen molar-refractivity contribution in [3.8, 4) is 6.07 Å². The van der Waals surface area contributed by atoms with E-state index < -0.39 is 0 Å². The predicted molar refractivity (Wildman–Crippen MR) is 63.2 cm³/mol. The molecule has 0 spiro atoms. The van der Waals surface area contributed by atoms with Crippen molar-refractivity contribution in [3.63, 3.8) is 0 Å². The lowest BCUT2D eigenvalue weighted by Crippen LogP contribution is -1.81. The Hall–Kier alpha value is -0.490. The van der Waals surface area contributed by atoms with Gasteiger partial charge in [0.1, 0.15) is 0 Å². The highest BCUT2D eigenvalue weighted by Gasteiger charge is 2.05. The quantitative estimate of drug-likeness (QED) is 0.694. The molecule has 72 valence electrons. The highest BCUT2D eigenvalue weighted by molar-refractivity contribution is 9.10. The van der Waals surface area contributed by atoms with Gasteiger partial charge < -0.3 is 0 Å². The summed E-state index contributed by atoms with van der Waals surface area (Å²) >= 11 is 15.1. The molecule has 0 saturated carbocycles. The van der Waals surface area contributed by atoms with E-state index in [9.17, 15) is 0 Å². The van der Waals surface area contributed by atoms with Crippen molar-refractivity contribution >= 4 is 44.2 Å². The molecule has 0 aliphatic heterocycles. The van der Waals surface area contributed by atoms with Gasteiger partial charge in [0.25, 0.3) is 0 Å². The van der Waals surface area contributed by atoms with Crippen molar-refractivity contribution in [1.29, 1.82) is 5.26 Å². The summed E-state index contributed by atoms with van der Waals surface area (Å²) in [5.41, 5.74) is 1.23. The maximum atomic E-state index is 8.66. The normalized spacial score (nSPS) is 11.9. The first-order valence-electron chi connectivity index (χ1n) is 3.78. The summed E-state index contributed by atoms with van der Waals surface area (Å²) in [7, 11) is 0. The summed E-state index contributed by atoms with van der Waals surface area (Å²) in [5, 5.41) is 9.66. The molecule has 0 aliphatic rings. The Labute approximate surface area is 101 Å². The molecule has 14 heavy (non-hydrogen) atoms. The average molecular weight is 291 g/mol. The van der Waals surface area contributed by atoms with Crippen molar-refractivity contribution in [3.05, 3.63) is 38.8 Å².